The van der Waals surface area contributed by atoms with Crippen LogP contribution >= 0.6 is 0 Å². The second-order valence-corrected chi connectivity index (χ2v) is 9.40. The Morgan fingerprint density at radius 2 is 1.89 bits per heavy atom. The summed E-state index contributed by atoms with van der Waals surface area (Å²) in [7, 11) is 0. The number of carbonyl (C=O) groups is 1. The zero-order chi connectivity index (χ0) is 27.8. The van der Waals surface area contributed by atoms with Gasteiger partial charge in [0.05, 0.1) is 11.5 Å². The van der Waals surface area contributed by atoms with Crippen molar-refractivity contribution in [2.24, 2.45) is 0 Å². The van der Waals surface area contributed by atoms with Crippen LogP contribution in [0.2, 0.25) is 0 Å². The number of nitrogens with one attached hydrogen (secondary N) is 1. The third-order valence-corrected chi connectivity index (χ3v) is 6.79. The summed E-state index contributed by atoms with van der Waals surface area (Å²) in [6, 6.07) is 8.93. The number of hydrogen-bond acceptors (Lipinski definition) is 7. The van der Waals surface area contributed by atoms with Crippen molar-refractivity contribution in [2.75, 3.05) is 5.32 Å². The molecule has 1 N–H and O–H groups in total. The van der Waals surface area contributed by atoms with Crippen molar-refractivity contribution in [1.82, 2.24) is 10.2 Å². The first-order valence-corrected chi connectivity index (χ1v) is 12.0. The molecule has 1 aromatic heterocycles. The van der Waals surface area contributed by atoms with Gasteiger partial charge in [-0.05, 0) is 67.1 Å². The van der Waals surface area contributed by atoms with Crippen molar-refractivity contribution in [2.45, 2.75) is 42.7 Å². The molecule has 4 rings (SSSR count). The van der Waals surface area contributed by atoms with Crippen LogP contribution < -0.4 is 10.1 Å². The lowest BCUT2D eigenvalue weighted by Gasteiger charge is -2.35. The summed E-state index contributed by atoms with van der Waals surface area (Å²) in [5, 5.41) is 18.0. The molecule has 1 atom stereocenters. The van der Waals surface area contributed by atoms with Crippen LogP contribution in [-0.2, 0) is 22.7 Å². The number of amides is 1. The Balaban J connectivity index is 1.76. The van der Waals surface area contributed by atoms with Gasteiger partial charge in [-0.2, -0.15) is 22.8 Å². The van der Waals surface area contributed by atoms with E-state index in [1.54, 1.807) is 0 Å². The van der Waals surface area contributed by atoms with Crippen LogP contribution in [0, 0.1) is 29.9 Å². The van der Waals surface area contributed by atoms with Crippen molar-refractivity contribution in [3.8, 4) is 17.7 Å². The van der Waals surface area contributed by atoms with Gasteiger partial charge in [0.2, 0.25) is 5.82 Å². The Bertz CT molecular complexity index is 1500. The number of benzene rings is 2. The van der Waals surface area contributed by atoms with E-state index < -0.39 is 68.7 Å². The lowest BCUT2D eigenvalue weighted by molar-refractivity contribution is -0.142. The molecule has 1 unspecified atom stereocenters. The van der Waals surface area contributed by atoms with Crippen LogP contribution in [-0.4, -0.2) is 24.9 Å². The Hall–Kier alpha value is -3.96. The number of alkyl halides is 3. The maximum Gasteiger partial charge on any atom is 0.435 e. The molecule has 0 spiro atoms. The van der Waals surface area contributed by atoms with Gasteiger partial charge in [-0.25, -0.2) is 4.39 Å². The number of carbonyl (C=O) groups excluding carboxylic acids is 1. The topological polar surface area (TPSA) is 128 Å². The predicted molar refractivity (Wildman–Crippen MR) is 121 cm³/mol. The SMILES string of the molecule is Cc1c(C(F)(F)F)nnc(Oc2ccc(C3(C#N)CCC3)c(F)c2F)c1C(=O)Nc1cccc(S(=O)[O-])c1. The third kappa shape index (κ3) is 4.94. The molecule has 0 radical (unpaired) electrons. The van der Waals surface area contributed by atoms with Crippen molar-refractivity contribution in [3.63, 3.8) is 0 Å². The van der Waals surface area contributed by atoms with Crippen LogP contribution in [0.3, 0.4) is 0 Å². The fourth-order valence-corrected chi connectivity index (χ4v) is 4.45. The van der Waals surface area contributed by atoms with Gasteiger partial charge in [0.1, 0.15) is 5.56 Å². The number of anilines is 1. The Kier molecular flexibility index (Phi) is 7.18. The minimum absolute atomic E-state index is 0.0868. The van der Waals surface area contributed by atoms with Crippen LogP contribution in [0.4, 0.5) is 27.6 Å². The highest BCUT2D eigenvalue weighted by Crippen LogP contribution is 2.45. The van der Waals surface area contributed by atoms with E-state index in [4.69, 9.17) is 4.74 Å². The van der Waals surface area contributed by atoms with E-state index in [1.165, 1.54) is 18.2 Å². The zero-order valence-corrected chi connectivity index (χ0v) is 20.2. The highest BCUT2D eigenvalue weighted by Gasteiger charge is 2.42. The van der Waals surface area contributed by atoms with Crippen LogP contribution in [0.15, 0.2) is 41.3 Å². The molecular weight excluding hydrogens is 535 g/mol. The van der Waals surface area contributed by atoms with Crippen molar-refractivity contribution < 1.29 is 40.2 Å². The van der Waals surface area contributed by atoms with Crippen molar-refractivity contribution in [3.05, 3.63) is 70.4 Å². The third-order valence-electron chi connectivity index (χ3n) is 6.16. The zero-order valence-electron chi connectivity index (χ0n) is 19.4. The lowest BCUT2D eigenvalue weighted by atomic mass is 9.65. The molecule has 1 saturated carbocycles. The van der Waals surface area contributed by atoms with Crippen molar-refractivity contribution >= 4 is 22.7 Å². The number of nitriles is 1. The van der Waals surface area contributed by atoms with Crippen LogP contribution in [0.5, 0.6) is 11.6 Å². The molecule has 198 valence electrons. The summed E-state index contributed by atoms with van der Waals surface area (Å²) in [6.07, 6.45) is -3.71. The molecule has 14 heteroatoms. The Labute approximate surface area is 214 Å². The van der Waals surface area contributed by atoms with Gasteiger partial charge in [-0.3, -0.25) is 9.00 Å². The molecule has 0 bridgehead atoms. The minimum atomic E-state index is -5.02. The molecule has 1 heterocycles. The normalized spacial score (nSPS) is 15.2. The summed E-state index contributed by atoms with van der Waals surface area (Å²) >= 11 is -2.65. The number of ether oxygens (including phenoxy) is 1. The molecule has 1 fully saturated rings. The van der Waals surface area contributed by atoms with E-state index in [9.17, 15) is 40.8 Å². The fourth-order valence-electron chi connectivity index (χ4n) is 4.03. The van der Waals surface area contributed by atoms with Gasteiger partial charge in [-0.1, -0.05) is 12.1 Å². The van der Waals surface area contributed by atoms with E-state index in [1.807, 2.05) is 6.07 Å². The molecule has 0 saturated heterocycles. The van der Waals surface area contributed by atoms with E-state index in [0.29, 0.717) is 19.3 Å². The fraction of sp³-hybridized carbons (Fsp3) is 0.250. The minimum Gasteiger partial charge on any atom is -0.768 e. The van der Waals surface area contributed by atoms with Crippen LogP contribution in [0.25, 0.3) is 0 Å². The van der Waals surface area contributed by atoms with Gasteiger partial charge < -0.3 is 14.6 Å². The summed E-state index contributed by atoms with van der Waals surface area (Å²) in [4.78, 5) is 12.8. The lowest BCUT2D eigenvalue weighted by Crippen LogP contribution is -2.33. The Morgan fingerprint density at radius 3 is 2.47 bits per heavy atom. The van der Waals surface area contributed by atoms with E-state index in [0.717, 1.165) is 25.1 Å². The van der Waals surface area contributed by atoms with Gasteiger partial charge >= 0.3 is 6.18 Å². The largest absolute Gasteiger partial charge is 0.768 e. The smallest absolute Gasteiger partial charge is 0.435 e. The van der Waals surface area contributed by atoms with E-state index in [2.05, 4.69) is 15.5 Å². The molecule has 0 aliphatic heterocycles. The Morgan fingerprint density at radius 1 is 1.18 bits per heavy atom. The quantitative estimate of drug-likeness (QED) is 0.325. The number of rotatable bonds is 6. The molecule has 8 nitrogen and oxygen atoms in total. The molecule has 1 aliphatic rings. The maximum atomic E-state index is 14.9. The first-order chi connectivity index (χ1) is 17.9. The summed E-state index contributed by atoms with van der Waals surface area (Å²) < 4.78 is 98.0. The van der Waals surface area contributed by atoms with E-state index in [-0.39, 0.29) is 16.1 Å². The average molecular weight is 551 g/mol. The van der Waals surface area contributed by atoms with Crippen molar-refractivity contribution in [1.29, 1.82) is 5.26 Å². The highest BCUT2D eigenvalue weighted by atomic mass is 32.2. The highest BCUT2D eigenvalue weighted by molar-refractivity contribution is 7.79. The first-order valence-electron chi connectivity index (χ1n) is 10.9. The predicted octanol–water partition coefficient (Wildman–Crippen LogP) is 5.31. The monoisotopic (exact) mass is 551 g/mol. The number of nitrogens with zero attached hydrogens (tertiary/aromatic N) is 3. The summed E-state index contributed by atoms with van der Waals surface area (Å²) in [5.74, 6) is -5.76. The average Bonchev–Trinajstić information content (AvgIpc) is 2.82. The maximum absolute atomic E-state index is 14.9. The molecule has 2 aromatic carbocycles. The molecule has 1 amide bonds. The number of halogens is 5. The van der Waals surface area contributed by atoms with Gasteiger partial charge in [0, 0.05) is 16.1 Å². The van der Waals surface area contributed by atoms with Crippen LogP contribution in [0.1, 0.15) is 46.4 Å². The molecule has 38 heavy (non-hydrogen) atoms. The summed E-state index contributed by atoms with van der Waals surface area (Å²) in [5.41, 5.74) is -4.50. The van der Waals surface area contributed by atoms with E-state index >= 15 is 0 Å². The summed E-state index contributed by atoms with van der Waals surface area (Å²) in [6.45, 7) is 0.912. The number of aromatic nitrogens is 2. The molecular formula is C24H16F5N4O4S-. The molecule has 1 aliphatic carbocycles. The first kappa shape index (κ1) is 27.1. The van der Waals surface area contributed by atoms with Gasteiger partial charge in [0.15, 0.2) is 17.3 Å². The molecule has 3 aromatic rings. The van der Waals surface area contributed by atoms with Gasteiger partial charge in [0.25, 0.3) is 11.8 Å². The standard InChI is InChI=1S/C24H17F5N4O4S/c1-12-17(21(34)31-13-4-2-5-14(10-13)38(35)36)22(33-32-20(12)24(27,28)29)37-16-7-6-15(18(25)19(16)26)23(11-30)8-3-9-23/h2,4-7,10H,3,8-9H2,1H3,(H,31,34)(H,35,36)/p-1. The van der Waals surface area contributed by atoms with Gasteiger partial charge in [-0.15, -0.1) is 10.2 Å². The number of hydrogen-bond donors (Lipinski definition) is 1. The second kappa shape index (κ2) is 10.1. The second-order valence-electron chi connectivity index (χ2n) is 8.46.